The van der Waals surface area contributed by atoms with Gasteiger partial charge in [-0.25, -0.2) is 0 Å². The summed E-state index contributed by atoms with van der Waals surface area (Å²) in [4.78, 5) is 4.62. The monoisotopic (exact) mass is 447 g/mol. The summed E-state index contributed by atoms with van der Waals surface area (Å²) in [6, 6.07) is 6.73. The van der Waals surface area contributed by atoms with Gasteiger partial charge in [0.2, 0.25) is 0 Å². The predicted octanol–water partition coefficient (Wildman–Crippen LogP) is 3.84. The van der Waals surface area contributed by atoms with Crippen LogP contribution in [0.15, 0.2) is 23.2 Å². The Morgan fingerprint density at radius 1 is 1.04 bits per heavy atom. The van der Waals surface area contributed by atoms with Crippen LogP contribution in [0.4, 0.5) is 0 Å². The number of ether oxygens (including phenoxy) is 1. The number of halogens is 1. The minimum Gasteiger partial charge on any atom is -0.382 e. The predicted molar refractivity (Wildman–Crippen MR) is 115 cm³/mol. The Kier molecular flexibility index (Phi) is 14.0. The van der Waals surface area contributed by atoms with Gasteiger partial charge < -0.3 is 15.4 Å². The normalized spacial score (nSPS) is 11.1. The molecule has 24 heavy (non-hydrogen) atoms. The maximum absolute atomic E-state index is 5.34. The zero-order valence-corrected chi connectivity index (χ0v) is 18.0. The van der Waals surface area contributed by atoms with E-state index in [1.807, 2.05) is 6.92 Å². The zero-order valence-electron chi connectivity index (χ0n) is 15.7. The Labute approximate surface area is 164 Å². The van der Waals surface area contributed by atoms with E-state index in [1.54, 1.807) is 0 Å². The molecule has 0 amide bonds. The van der Waals surface area contributed by atoms with Crippen LogP contribution in [0.1, 0.15) is 43.4 Å². The molecule has 0 fully saturated rings. The Balaban J connectivity index is 0.00000529. The molecule has 0 aliphatic carbocycles. The largest absolute Gasteiger partial charge is 0.382 e. The van der Waals surface area contributed by atoms with E-state index in [1.165, 1.54) is 16.7 Å². The zero-order chi connectivity index (χ0) is 16.9. The van der Waals surface area contributed by atoms with Crippen LogP contribution < -0.4 is 10.6 Å². The molecule has 4 nitrogen and oxygen atoms in total. The van der Waals surface area contributed by atoms with Crippen molar-refractivity contribution in [3.8, 4) is 0 Å². The van der Waals surface area contributed by atoms with Gasteiger partial charge in [-0.2, -0.15) is 0 Å². The van der Waals surface area contributed by atoms with Crippen molar-refractivity contribution in [2.75, 3.05) is 32.8 Å². The van der Waals surface area contributed by atoms with E-state index in [2.05, 4.69) is 54.6 Å². The molecule has 0 heterocycles. The molecule has 1 aromatic carbocycles. The van der Waals surface area contributed by atoms with Crippen LogP contribution in [0, 0.1) is 13.8 Å². The van der Waals surface area contributed by atoms with Crippen LogP contribution in [0.3, 0.4) is 0 Å². The van der Waals surface area contributed by atoms with Crippen molar-refractivity contribution >= 4 is 29.9 Å². The third kappa shape index (κ3) is 10.9. The lowest BCUT2D eigenvalue weighted by atomic mass is 10.1. The summed E-state index contributed by atoms with van der Waals surface area (Å²) >= 11 is 0. The van der Waals surface area contributed by atoms with Crippen molar-refractivity contribution in [2.45, 2.75) is 47.0 Å². The number of rotatable bonds is 10. The molecule has 0 aromatic heterocycles. The van der Waals surface area contributed by atoms with E-state index in [-0.39, 0.29) is 24.0 Å². The van der Waals surface area contributed by atoms with Gasteiger partial charge in [-0.15, -0.1) is 24.0 Å². The van der Waals surface area contributed by atoms with Gasteiger partial charge in [0.05, 0.1) is 0 Å². The second-order valence-electron chi connectivity index (χ2n) is 5.84. The number of nitrogens with one attached hydrogen (secondary N) is 2. The number of unbranched alkanes of at least 4 members (excludes halogenated alkanes) is 1. The molecule has 0 saturated carbocycles. The van der Waals surface area contributed by atoms with Gasteiger partial charge in [-0.3, -0.25) is 4.99 Å². The summed E-state index contributed by atoms with van der Waals surface area (Å²) in [5, 5.41) is 6.72. The Hall–Kier alpha value is -0.820. The van der Waals surface area contributed by atoms with E-state index in [0.717, 1.165) is 58.1 Å². The third-order valence-electron chi connectivity index (χ3n) is 3.50. The smallest absolute Gasteiger partial charge is 0.191 e. The first-order valence-electron chi connectivity index (χ1n) is 8.82. The first-order valence-corrected chi connectivity index (χ1v) is 8.82. The van der Waals surface area contributed by atoms with Gasteiger partial charge in [-0.05, 0) is 52.5 Å². The highest BCUT2D eigenvalue weighted by Gasteiger charge is 1.99. The molecule has 2 N–H and O–H groups in total. The maximum atomic E-state index is 5.34. The summed E-state index contributed by atoms with van der Waals surface area (Å²) in [6.07, 6.45) is 3.14. The fourth-order valence-corrected chi connectivity index (χ4v) is 2.53. The minimum atomic E-state index is 0. The van der Waals surface area contributed by atoms with Crippen molar-refractivity contribution < 1.29 is 4.74 Å². The third-order valence-corrected chi connectivity index (χ3v) is 3.50. The van der Waals surface area contributed by atoms with E-state index >= 15 is 0 Å². The molecule has 1 rings (SSSR count). The van der Waals surface area contributed by atoms with Crippen LogP contribution >= 0.6 is 24.0 Å². The first kappa shape index (κ1) is 23.2. The van der Waals surface area contributed by atoms with Gasteiger partial charge in [0.1, 0.15) is 0 Å². The fraction of sp³-hybridized carbons (Fsp3) is 0.632. The van der Waals surface area contributed by atoms with Gasteiger partial charge in [-0.1, -0.05) is 29.3 Å². The molecule has 138 valence electrons. The molecule has 0 aliphatic heterocycles. The van der Waals surface area contributed by atoms with Crippen LogP contribution in [0.5, 0.6) is 0 Å². The van der Waals surface area contributed by atoms with Crippen LogP contribution in [0.2, 0.25) is 0 Å². The molecule has 0 atom stereocenters. The molecular formula is C19H34IN3O. The minimum absolute atomic E-state index is 0. The van der Waals surface area contributed by atoms with Gasteiger partial charge in [0.15, 0.2) is 5.96 Å². The fourth-order valence-electron chi connectivity index (χ4n) is 2.53. The molecule has 1 aromatic rings. The quantitative estimate of drug-likeness (QED) is 0.248. The lowest BCUT2D eigenvalue weighted by molar-refractivity contribution is 0.144. The highest BCUT2D eigenvalue weighted by molar-refractivity contribution is 14.0. The highest BCUT2D eigenvalue weighted by Crippen LogP contribution is 2.08. The van der Waals surface area contributed by atoms with Gasteiger partial charge >= 0.3 is 0 Å². The Morgan fingerprint density at radius 3 is 2.38 bits per heavy atom. The number of aryl methyl sites for hydroxylation is 2. The number of hydrogen-bond donors (Lipinski definition) is 2. The molecule has 0 bridgehead atoms. The van der Waals surface area contributed by atoms with E-state index < -0.39 is 0 Å². The lowest BCUT2D eigenvalue weighted by Crippen LogP contribution is -2.38. The first-order chi connectivity index (χ1) is 11.2. The van der Waals surface area contributed by atoms with Crippen LogP contribution in [-0.4, -0.2) is 38.8 Å². The highest BCUT2D eigenvalue weighted by atomic mass is 127. The van der Waals surface area contributed by atoms with E-state index in [9.17, 15) is 0 Å². The summed E-state index contributed by atoms with van der Waals surface area (Å²) < 4.78 is 5.34. The standard InChI is InChI=1S/C19H33N3O.HI/c1-5-20-19(21-10-7-8-12-23-6-2)22-11-9-18-14-16(3)13-17(4)15-18;/h13-15H,5-12H2,1-4H3,(H2,20,21,22);1H. The van der Waals surface area contributed by atoms with Crippen LogP contribution in [-0.2, 0) is 11.2 Å². The molecular weight excluding hydrogens is 413 g/mol. The summed E-state index contributed by atoms with van der Waals surface area (Å²) in [7, 11) is 0. The van der Waals surface area contributed by atoms with Gasteiger partial charge in [0, 0.05) is 32.8 Å². The topological polar surface area (TPSA) is 45.7 Å². The number of guanidine groups is 1. The molecule has 0 saturated heterocycles. The molecule has 0 spiro atoms. The average molecular weight is 447 g/mol. The molecule has 5 heteroatoms. The number of hydrogen-bond acceptors (Lipinski definition) is 2. The SMILES string of the molecule is CCNC(=NCCCCOCC)NCCc1cc(C)cc(C)c1.I. The second-order valence-corrected chi connectivity index (χ2v) is 5.84. The Morgan fingerprint density at radius 2 is 1.75 bits per heavy atom. The maximum Gasteiger partial charge on any atom is 0.191 e. The van der Waals surface area contributed by atoms with E-state index in [0.29, 0.717) is 0 Å². The number of aliphatic imine (C=N–C) groups is 1. The van der Waals surface area contributed by atoms with Gasteiger partial charge in [0.25, 0.3) is 0 Å². The summed E-state index contributed by atoms with van der Waals surface area (Å²) in [5.41, 5.74) is 4.03. The van der Waals surface area contributed by atoms with E-state index in [4.69, 9.17) is 4.74 Å². The summed E-state index contributed by atoms with van der Waals surface area (Å²) in [5.74, 6) is 0.910. The van der Waals surface area contributed by atoms with Crippen molar-refractivity contribution in [1.29, 1.82) is 0 Å². The number of benzene rings is 1. The molecule has 0 unspecified atom stereocenters. The second kappa shape index (κ2) is 14.5. The lowest BCUT2D eigenvalue weighted by Gasteiger charge is -2.12. The molecule has 0 radical (unpaired) electrons. The summed E-state index contributed by atoms with van der Waals surface area (Å²) in [6.45, 7) is 12.7. The van der Waals surface area contributed by atoms with Crippen molar-refractivity contribution in [3.05, 3.63) is 34.9 Å². The van der Waals surface area contributed by atoms with Crippen molar-refractivity contribution in [3.63, 3.8) is 0 Å². The number of nitrogens with zero attached hydrogens (tertiary/aromatic N) is 1. The van der Waals surface area contributed by atoms with Crippen molar-refractivity contribution in [2.24, 2.45) is 4.99 Å². The van der Waals surface area contributed by atoms with Crippen molar-refractivity contribution in [1.82, 2.24) is 10.6 Å². The average Bonchev–Trinajstić information content (AvgIpc) is 2.49. The van der Waals surface area contributed by atoms with Crippen LogP contribution in [0.25, 0.3) is 0 Å². The molecule has 0 aliphatic rings. The Bertz CT molecular complexity index is 457.